The molecule has 0 fully saturated rings. The number of anilines is 1. The van der Waals surface area contributed by atoms with Crippen LogP contribution in [0, 0.1) is 0 Å². The molecular weight excluding hydrogens is 254 g/mol. The Labute approximate surface area is 117 Å². The molecule has 102 valence electrons. The van der Waals surface area contributed by atoms with Crippen molar-refractivity contribution in [1.29, 1.82) is 0 Å². The summed E-state index contributed by atoms with van der Waals surface area (Å²) in [5.74, 6) is -1.29. The second-order valence-corrected chi connectivity index (χ2v) is 4.48. The maximum absolute atomic E-state index is 11.9. The Bertz CT molecular complexity index is 603. The first-order valence-electron chi connectivity index (χ1n) is 6.17. The lowest BCUT2D eigenvalue weighted by Crippen LogP contribution is -2.13. The lowest BCUT2D eigenvalue weighted by Gasteiger charge is -2.12. The lowest BCUT2D eigenvalue weighted by molar-refractivity contribution is 0.0398. The average Bonchev–Trinajstić information content (AvgIpc) is 2.48. The Morgan fingerprint density at radius 2 is 1.30 bits per heavy atom. The third-order valence-electron chi connectivity index (χ3n) is 2.81. The summed E-state index contributed by atoms with van der Waals surface area (Å²) in [5, 5.41) is 0. The fraction of sp³-hybridized carbons (Fsp3) is 0.125. The molecule has 20 heavy (non-hydrogen) atoms. The van der Waals surface area contributed by atoms with Crippen molar-refractivity contribution < 1.29 is 14.3 Å². The number of hydrogen-bond acceptors (Lipinski definition) is 4. The summed E-state index contributed by atoms with van der Waals surface area (Å²) in [6, 6.07) is 15.3. The predicted molar refractivity (Wildman–Crippen MR) is 77.0 cm³/mol. The van der Waals surface area contributed by atoms with E-state index < -0.39 is 11.9 Å². The minimum absolute atomic E-state index is 0.347. The van der Waals surface area contributed by atoms with Crippen LogP contribution in [0.2, 0.25) is 0 Å². The molecule has 0 amide bonds. The fourth-order valence-electron chi connectivity index (χ4n) is 1.67. The molecule has 2 rings (SSSR count). The maximum atomic E-state index is 11.9. The molecule has 0 aliphatic heterocycles. The number of carbonyl (C=O) groups excluding carboxylic acids is 2. The van der Waals surface area contributed by atoms with E-state index in [-0.39, 0.29) is 0 Å². The van der Waals surface area contributed by atoms with Crippen molar-refractivity contribution in [3.05, 3.63) is 65.7 Å². The molecule has 0 aromatic heterocycles. The Morgan fingerprint density at radius 1 is 0.800 bits per heavy atom. The van der Waals surface area contributed by atoms with Crippen molar-refractivity contribution in [1.82, 2.24) is 0 Å². The summed E-state index contributed by atoms with van der Waals surface area (Å²) in [6.45, 7) is 0. The Hall–Kier alpha value is -2.62. The zero-order valence-corrected chi connectivity index (χ0v) is 11.4. The second-order valence-electron chi connectivity index (χ2n) is 4.48. The van der Waals surface area contributed by atoms with Gasteiger partial charge < -0.3 is 9.64 Å². The molecule has 2 aromatic carbocycles. The van der Waals surface area contributed by atoms with Crippen LogP contribution < -0.4 is 4.90 Å². The highest BCUT2D eigenvalue weighted by Crippen LogP contribution is 2.13. The van der Waals surface area contributed by atoms with Gasteiger partial charge in [0, 0.05) is 19.8 Å². The van der Waals surface area contributed by atoms with E-state index in [4.69, 9.17) is 4.74 Å². The van der Waals surface area contributed by atoms with Gasteiger partial charge in [0.1, 0.15) is 0 Å². The van der Waals surface area contributed by atoms with E-state index in [1.165, 1.54) is 0 Å². The van der Waals surface area contributed by atoms with Crippen LogP contribution in [-0.2, 0) is 4.74 Å². The fourth-order valence-corrected chi connectivity index (χ4v) is 1.67. The monoisotopic (exact) mass is 269 g/mol. The summed E-state index contributed by atoms with van der Waals surface area (Å²) in [6.07, 6.45) is 0. The van der Waals surface area contributed by atoms with Gasteiger partial charge in [0.15, 0.2) is 0 Å². The first-order chi connectivity index (χ1) is 9.58. The van der Waals surface area contributed by atoms with Crippen molar-refractivity contribution in [3.8, 4) is 0 Å². The molecule has 0 radical (unpaired) electrons. The highest BCUT2D eigenvalue weighted by atomic mass is 16.6. The van der Waals surface area contributed by atoms with E-state index in [1.54, 1.807) is 54.6 Å². The number of rotatable bonds is 3. The number of carbonyl (C=O) groups is 2. The van der Waals surface area contributed by atoms with E-state index >= 15 is 0 Å². The minimum Gasteiger partial charge on any atom is -0.386 e. The van der Waals surface area contributed by atoms with Crippen LogP contribution in [0.5, 0.6) is 0 Å². The van der Waals surface area contributed by atoms with Crippen LogP contribution in [0.1, 0.15) is 20.7 Å². The Morgan fingerprint density at radius 3 is 1.80 bits per heavy atom. The van der Waals surface area contributed by atoms with E-state index in [0.717, 1.165) is 5.69 Å². The molecule has 0 aliphatic rings. The van der Waals surface area contributed by atoms with Gasteiger partial charge in [0.2, 0.25) is 0 Å². The van der Waals surface area contributed by atoms with Gasteiger partial charge in [-0.25, -0.2) is 9.59 Å². The smallest absolute Gasteiger partial charge is 0.346 e. The maximum Gasteiger partial charge on any atom is 0.346 e. The van der Waals surface area contributed by atoms with E-state index in [2.05, 4.69) is 0 Å². The number of benzene rings is 2. The van der Waals surface area contributed by atoms with Gasteiger partial charge in [-0.2, -0.15) is 0 Å². The van der Waals surface area contributed by atoms with Crippen molar-refractivity contribution in [2.24, 2.45) is 0 Å². The van der Waals surface area contributed by atoms with Crippen LogP contribution in [0.25, 0.3) is 0 Å². The molecule has 0 N–H and O–H groups in total. The topological polar surface area (TPSA) is 46.6 Å². The van der Waals surface area contributed by atoms with Crippen molar-refractivity contribution >= 4 is 17.6 Å². The third kappa shape index (κ3) is 3.23. The first kappa shape index (κ1) is 13.8. The summed E-state index contributed by atoms with van der Waals surface area (Å²) in [7, 11) is 3.82. The summed E-state index contributed by atoms with van der Waals surface area (Å²) in [5.41, 5.74) is 1.67. The molecule has 0 bridgehead atoms. The summed E-state index contributed by atoms with van der Waals surface area (Å²) < 4.78 is 4.83. The average molecular weight is 269 g/mol. The quantitative estimate of drug-likeness (QED) is 0.635. The molecule has 4 heteroatoms. The number of esters is 2. The molecule has 0 unspecified atom stereocenters. The minimum atomic E-state index is -0.649. The van der Waals surface area contributed by atoms with E-state index in [1.807, 2.05) is 19.0 Å². The largest absolute Gasteiger partial charge is 0.386 e. The Balaban J connectivity index is 2.07. The van der Waals surface area contributed by atoms with Gasteiger partial charge in [0.25, 0.3) is 0 Å². The lowest BCUT2D eigenvalue weighted by atomic mass is 10.2. The highest BCUT2D eigenvalue weighted by Gasteiger charge is 2.14. The molecule has 0 heterocycles. The first-order valence-corrected chi connectivity index (χ1v) is 6.17. The highest BCUT2D eigenvalue weighted by molar-refractivity contribution is 6.02. The third-order valence-corrected chi connectivity index (χ3v) is 2.81. The van der Waals surface area contributed by atoms with Crippen molar-refractivity contribution in [3.63, 3.8) is 0 Å². The van der Waals surface area contributed by atoms with Gasteiger partial charge in [0.05, 0.1) is 11.1 Å². The number of ether oxygens (including phenoxy) is 1. The number of nitrogens with zero attached hydrogens (tertiary/aromatic N) is 1. The normalized spacial score (nSPS) is 9.90. The van der Waals surface area contributed by atoms with Gasteiger partial charge >= 0.3 is 11.9 Å². The number of hydrogen-bond donors (Lipinski definition) is 0. The van der Waals surface area contributed by atoms with Gasteiger partial charge in [-0.05, 0) is 36.4 Å². The molecule has 0 saturated heterocycles. The standard InChI is InChI=1S/C16H15NO3/c1-17(2)14-10-8-13(9-11-14)16(19)20-15(18)12-6-4-3-5-7-12/h3-11H,1-2H3. The molecular formula is C16H15NO3. The SMILES string of the molecule is CN(C)c1ccc(C(=O)OC(=O)c2ccccc2)cc1. The molecule has 0 aliphatic carbocycles. The predicted octanol–water partition coefficient (Wildman–Crippen LogP) is 2.75. The van der Waals surface area contributed by atoms with Crippen LogP contribution >= 0.6 is 0 Å². The van der Waals surface area contributed by atoms with Gasteiger partial charge in [-0.1, -0.05) is 18.2 Å². The molecule has 4 nitrogen and oxygen atoms in total. The zero-order valence-electron chi connectivity index (χ0n) is 11.4. The van der Waals surface area contributed by atoms with Crippen molar-refractivity contribution in [2.45, 2.75) is 0 Å². The molecule has 0 atom stereocenters. The van der Waals surface area contributed by atoms with Crippen LogP contribution in [0.4, 0.5) is 5.69 Å². The van der Waals surface area contributed by atoms with Crippen LogP contribution in [0.3, 0.4) is 0 Å². The van der Waals surface area contributed by atoms with Gasteiger partial charge in [-0.15, -0.1) is 0 Å². The Kier molecular flexibility index (Phi) is 4.15. The van der Waals surface area contributed by atoms with E-state index in [9.17, 15) is 9.59 Å². The van der Waals surface area contributed by atoms with Crippen LogP contribution in [-0.4, -0.2) is 26.0 Å². The molecule has 0 saturated carbocycles. The molecule has 2 aromatic rings. The van der Waals surface area contributed by atoms with Gasteiger partial charge in [-0.3, -0.25) is 0 Å². The summed E-state index contributed by atoms with van der Waals surface area (Å²) in [4.78, 5) is 25.5. The second kappa shape index (κ2) is 6.02. The molecule has 0 spiro atoms. The zero-order chi connectivity index (χ0) is 14.5. The van der Waals surface area contributed by atoms with E-state index in [0.29, 0.717) is 11.1 Å². The summed E-state index contributed by atoms with van der Waals surface area (Å²) >= 11 is 0. The van der Waals surface area contributed by atoms with Crippen LogP contribution in [0.15, 0.2) is 54.6 Å². The van der Waals surface area contributed by atoms with Crippen molar-refractivity contribution in [2.75, 3.05) is 19.0 Å².